The monoisotopic (exact) mass is 453 g/mol. The van der Waals surface area contributed by atoms with Crippen LogP contribution in [-0.4, -0.2) is 67.9 Å². The molecule has 0 aliphatic carbocycles. The maximum atomic E-state index is 12.7. The molecule has 1 atom stereocenters. The number of carbonyl (C=O) groups excluding carboxylic acids is 1. The normalized spacial score (nSPS) is 15.4. The summed E-state index contributed by atoms with van der Waals surface area (Å²) in [7, 11) is 1.61. The van der Waals surface area contributed by atoms with E-state index in [4.69, 9.17) is 14.3 Å². The van der Waals surface area contributed by atoms with Gasteiger partial charge in [-0.2, -0.15) is 0 Å². The fourth-order valence-corrected chi connectivity index (χ4v) is 3.66. The van der Waals surface area contributed by atoms with E-state index in [0.29, 0.717) is 31.2 Å². The van der Waals surface area contributed by atoms with Crippen LogP contribution < -0.4 is 9.47 Å². The Bertz CT molecular complexity index is 896. The van der Waals surface area contributed by atoms with Crippen molar-refractivity contribution in [1.29, 1.82) is 0 Å². The molecule has 0 spiro atoms. The molecule has 1 aliphatic heterocycles. The van der Waals surface area contributed by atoms with Gasteiger partial charge in [-0.3, -0.25) is 9.69 Å². The maximum Gasteiger partial charge on any atom is 0.266 e. The smallest absolute Gasteiger partial charge is 0.266 e. The van der Waals surface area contributed by atoms with E-state index >= 15 is 0 Å². The van der Waals surface area contributed by atoms with Gasteiger partial charge in [-0.05, 0) is 37.1 Å². The van der Waals surface area contributed by atoms with Gasteiger partial charge < -0.3 is 19.2 Å². The quantitative estimate of drug-likeness (QED) is 0.293. The highest BCUT2D eigenvalue weighted by molar-refractivity contribution is 5.82. The second-order valence-corrected chi connectivity index (χ2v) is 8.18. The SMILES string of the molecule is CCCCOc1ccc(/C=N\O[C@H](C)C(=O)N2CCN(Cc3ccccc3)CC2)cc1OC. The van der Waals surface area contributed by atoms with Crippen molar-refractivity contribution in [3.63, 3.8) is 0 Å². The standard InChI is InChI=1S/C26H35N3O4/c1-4-5-17-32-24-12-11-23(18-25(24)31-3)19-27-33-21(2)26(30)29-15-13-28(14-16-29)20-22-9-7-6-8-10-22/h6-12,18-19,21H,4-5,13-17,20H2,1-3H3/b27-19-/t21-/m1/s1. The molecule has 3 rings (SSSR count). The third-order valence-electron chi connectivity index (χ3n) is 5.64. The maximum absolute atomic E-state index is 12.7. The first kappa shape index (κ1) is 24.6. The molecule has 0 aromatic heterocycles. The van der Waals surface area contributed by atoms with Crippen LogP contribution >= 0.6 is 0 Å². The lowest BCUT2D eigenvalue weighted by Gasteiger charge is -2.35. The zero-order valence-electron chi connectivity index (χ0n) is 19.9. The number of ether oxygens (including phenoxy) is 2. The molecule has 2 aromatic carbocycles. The molecule has 2 aromatic rings. The van der Waals surface area contributed by atoms with Crippen molar-refractivity contribution in [2.24, 2.45) is 5.16 Å². The molecule has 1 amide bonds. The van der Waals surface area contributed by atoms with Crippen molar-refractivity contribution in [3.8, 4) is 11.5 Å². The van der Waals surface area contributed by atoms with Crippen molar-refractivity contribution in [3.05, 3.63) is 59.7 Å². The van der Waals surface area contributed by atoms with Gasteiger partial charge in [0.2, 0.25) is 6.10 Å². The van der Waals surface area contributed by atoms with Gasteiger partial charge in [0.15, 0.2) is 11.5 Å². The first-order chi connectivity index (χ1) is 16.1. The van der Waals surface area contributed by atoms with Crippen molar-refractivity contribution >= 4 is 12.1 Å². The number of carbonyl (C=O) groups is 1. The van der Waals surface area contributed by atoms with Crippen LogP contribution in [0.1, 0.15) is 37.8 Å². The fourth-order valence-electron chi connectivity index (χ4n) is 3.66. The summed E-state index contributed by atoms with van der Waals surface area (Å²) in [4.78, 5) is 22.4. The lowest BCUT2D eigenvalue weighted by molar-refractivity contribution is -0.144. The first-order valence-corrected chi connectivity index (χ1v) is 11.7. The molecule has 33 heavy (non-hydrogen) atoms. The van der Waals surface area contributed by atoms with Crippen molar-refractivity contribution < 1.29 is 19.1 Å². The molecular formula is C26H35N3O4. The summed E-state index contributed by atoms with van der Waals surface area (Å²) in [6.07, 6.45) is 3.01. The van der Waals surface area contributed by atoms with Crippen molar-refractivity contribution in [2.45, 2.75) is 39.3 Å². The molecule has 0 N–H and O–H groups in total. The van der Waals surface area contributed by atoms with Crippen LogP contribution in [0.4, 0.5) is 0 Å². The number of hydrogen-bond donors (Lipinski definition) is 0. The van der Waals surface area contributed by atoms with Gasteiger partial charge in [0.05, 0.1) is 19.9 Å². The third-order valence-corrected chi connectivity index (χ3v) is 5.64. The van der Waals surface area contributed by atoms with E-state index in [1.807, 2.05) is 29.2 Å². The van der Waals surface area contributed by atoms with E-state index in [1.165, 1.54) is 5.56 Å². The average Bonchev–Trinajstić information content (AvgIpc) is 2.85. The summed E-state index contributed by atoms with van der Waals surface area (Å²) in [5.74, 6) is 1.32. The Morgan fingerprint density at radius 3 is 2.55 bits per heavy atom. The van der Waals surface area contributed by atoms with Gasteiger partial charge >= 0.3 is 0 Å². The van der Waals surface area contributed by atoms with Crippen LogP contribution in [0.2, 0.25) is 0 Å². The highest BCUT2D eigenvalue weighted by atomic mass is 16.6. The summed E-state index contributed by atoms with van der Waals surface area (Å²) in [5.41, 5.74) is 2.10. The molecule has 178 valence electrons. The zero-order valence-corrected chi connectivity index (χ0v) is 19.9. The second kappa shape index (κ2) is 12.8. The Balaban J connectivity index is 1.45. The molecule has 0 bridgehead atoms. The Morgan fingerprint density at radius 2 is 1.85 bits per heavy atom. The predicted octanol–water partition coefficient (Wildman–Crippen LogP) is 3.96. The molecule has 1 saturated heterocycles. The van der Waals surface area contributed by atoms with Crippen LogP contribution in [-0.2, 0) is 16.2 Å². The minimum absolute atomic E-state index is 0.0382. The van der Waals surface area contributed by atoms with Gasteiger partial charge in [0, 0.05) is 38.3 Å². The van der Waals surface area contributed by atoms with Crippen LogP contribution in [0.25, 0.3) is 0 Å². The molecule has 1 fully saturated rings. The topological polar surface area (TPSA) is 63.6 Å². The summed E-state index contributed by atoms with van der Waals surface area (Å²) >= 11 is 0. The molecule has 7 nitrogen and oxygen atoms in total. The second-order valence-electron chi connectivity index (χ2n) is 8.18. The number of methoxy groups -OCH3 is 1. The highest BCUT2D eigenvalue weighted by Crippen LogP contribution is 2.27. The number of piperazine rings is 1. The summed E-state index contributed by atoms with van der Waals surface area (Å²) in [6.45, 7) is 8.51. The lowest BCUT2D eigenvalue weighted by Crippen LogP contribution is -2.50. The number of hydrogen-bond acceptors (Lipinski definition) is 6. The van der Waals surface area contributed by atoms with Gasteiger partial charge in [0.25, 0.3) is 5.91 Å². The minimum Gasteiger partial charge on any atom is -0.493 e. The Kier molecular flexibility index (Phi) is 9.57. The van der Waals surface area contributed by atoms with Gasteiger partial charge in [-0.15, -0.1) is 0 Å². The largest absolute Gasteiger partial charge is 0.493 e. The molecule has 1 aliphatic rings. The van der Waals surface area contributed by atoms with Crippen LogP contribution in [0, 0.1) is 0 Å². The molecule has 1 heterocycles. The molecule has 7 heteroatoms. The predicted molar refractivity (Wildman–Crippen MR) is 130 cm³/mol. The van der Waals surface area contributed by atoms with E-state index in [0.717, 1.165) is 38.0 Å². The van der Waals surface area contributed by atoms with Crippen molar-refractivity contribution in [2.75, 3.05) is 39.9 Å². The van der Waals surface area contributed by atoms with Crippen LogP contribution in [0.5, 0.6) is 11.5 Å². The minimum atomic E-state index is -0.638. The fraction of sp³-hybridized carbons (Fsp3) is 0.462. The highest BCUT2D eigenvalue weighted by Gasteiger charge is 2.26. The molecule has 0 saturated carbocycles. The first-order valence-electron chi connectivity index (χ1n) is 11.7. The molecular weight excluding hydrogens is 418 g/mol. The van der Waals surface area contributed by atoms with Gasteiger partial charge in [-0.1, -0.05) is 48.8 Å². The zero-order chi connectivity index (χ0) is 23.5. The summed E-state index contributed by atoms with van der Waals surface area (Å²) in [6, 6.07) is 16.0. The van der Waals surface area contributed by atoms with Gasteiger partial charge in [0.1, 0.15) is 0 Å². The number of nitrogens with zero attached hydrogens (tertiary/aromatic N) is 3. The van der Waals surface area contributed by atoms with Crippen LogP contribution in [0.15, 0.2) is 53.7 Å². The Morgan fingerprint density at radius 1 is 1.09 bits per heavy atom. The summed E-state index contributed by atoms with van der Waals surface area (Å²) < 4.78 is 11.2. The van der Waals surface area contributed by atoms with Crippen LogP contribution in [0.3, 0.4) is 0 Å². The molecule has 0 radical (unpaired) electrons. The average molecular weight is 454 g/mol. The number of unbranched alkanes of at least 4 members (excludes halogenated alkanes) is 1. The Hall–Kier alpha value is -3.06. The number of rotatable bonds is 11. The lowest BCUT2D eigenvalue weighted by atomic mass is 10.2. The number of amides is 1. The number of benzene rings is 2. The van der Waals surface area contributed by atoms with E-state index in [9.17, 15) is 4.79 Å². The van der Waals surface area contributed by atoms with Gasteiger partial charge in [-0.25, -0.2) is 0 Å². The molecule has 0 unspecified atom stereocenters. The van der Waals surface area contributed by atoms with E-state index in [-0.39, 0.29) is 5.91 Å². The van der Waals surface area contributed by atoms with E-state index < -0.39 is 6.10 Å². The third kappa shape index (κ3) is 7.49. The van der Waals surface area contributed by atoms with E-state index in [1.54, 1.807) is 20.2 Å². The number of oxime groups is 1. The van der Waals surface area contributed by atoms with E-state index in [2.05, 4.69) is 41.2 Å². The Labute approximate surface area is 196 Å². The van der Waals surface area contributed by atoms with Crippen molar-refractivity contribution in [1.82, 2.24) is 9.80 Å². The summed E-state index contributed by atoms with van der Waals surface area (Å²) in [5, 5.41) is 4.03.